The zero-order chi connectivity index (χ0) is 18.5. The molecule has 0 radical (unpaired) electrons. The summed E-state index contributed by atoms with van der Waals surface area (Å²) in [6.07, 6.45) is 1.65. The van der Waals surface area contributed by atoms with E-state index in [4.69, 9.17) is 0 Å². The highest BCUT2D eigenvalue weighted by Gasteiger charge is 2.10. The van der Waals surface area contributed by atoms with E-state index in [9.17, 15) is 4.79 Å². The molecule has 0 unspecified atom stereocenters. The molecule has 3 rings (SSSR count). The van der Waals surface area contributed by atoms with Crippen molar-refractivity contribution in [3.8, 4) is 0 Å². The Morgan fingerprint density at radius 2 is 1.77 bits per heavy atom. The fourth-order valence-electron chi connectivity index (χ4n) is 2.73. The molecule has 0 fully saturated rings. The molecule has 4 nitrogen and oxygen atoms in total. The monoisotopic (exact) mass is 345 g/mol. The van der Waals surface area contributed by atoms with Crippen LogP contribution in [0, 0.1) is 20.8 Å². The summed E-state index contributed by atoms with van der Waals surface area (Å²) in [6, 6.07) is 17.9. The van der Waals surface area contributed by atoms with Gasteiger partial charge in [0.1, 0.15) is 5.69 Å². The van der Waals surface area contributed by atoms with Gasteiger partial charge in [-0.25, -0.2) is 0 Å². The number of amides is 1. The topological polar surface area (TPSA) is 54.0 Å². The first-order valence-corrected chi connectivity index (χ1v) is 8.66. The summed E-state index contributed by atoms with van der Waals surface area (Å²) in [5.74, 6) is -0.210. The molecule has 26 heavy (non-hydrogen) atoms. The number of anilines is 2. The van der Waals surface area contributed by atoms with Gasteiger partial charge in [0.25, 0.3) is 5.91 Å². The van der Waals surface area contributed by atoms with Crippen molar-refractivity contribution >= 4 is 17.3 Å². The molecular weight excluding hydrogens is 322 g/mol. The second-order valence-corrected chi connectivity index (χ2v) is 6.48. The number of hydrogen-bond acceptors (Lipinski definition) is 3. The summed E-state index contributed by atoms with van der Waals surface area (Å²) in [6.45, 7) is 6.77. The highest BCUT2D eigenvalue weighted by atomic mass is 16.1. The summed E-state index contributed by atoms with van der Waals surface area (Å²) >= 11 is 0. The number of carbonyl (C=O) groups is 1. The zero-order valence-corrected chi connectivity index (χ0v) is 15.3. The van der Waals surface area contributed by atoms with Crippen LogP contribution in [0.15, 0.2) is 60.8 Å². The van der Waals surface area contributed by atoms with Gasteiger partial charge in [-0.1, -0.05) is 36.4 Å². The summed E-state index contributed by atoms with van der Waals surface area (Å²) in [7, 11) is 0. The van der Waals surface area contributed by atoms with E-state index in [1.165, 1.54) is 11.1 Å². The Morgan fingerprint density at radius 1 is 0.962 bits per heavy atom. The Labute approximate surface area is 154 Å². The van der Waals surface area contributed by atoms with E-state index >= 15 is 0 Å². The number of aromatic nitrogens is 1. The van der Waals surface area contributed by atoms with Gasteiger partial charge in [-0.3, -0.25) is 9.78 Å². The standard InChI is InChI=1S/C22H23N3O/c1-15-8-9-17(3)20(12-15)25-22(26)21-13-19(10-11-23-21)24-14-18-7-5-4-6-16(18)2/h4-13H,14H2,1-3H3,(H,23,24)(H,25,26). The van der Waals surface area contributed by atoms with E-state index in [0.717, 1.165) is 22.5 Å². The molecule has 0 saturated heterocycles. The second-order valence-electron chi connectivity index (χ2n) is 6.48. The van der Waals surface area contributed by atoms with E-state index in [-0.39, 0.29) is 5.91 Å². The molecule has 132 valence electrons. The molecule has 1 amide bonds. The predicted octanol–water partition coefficient (Wildman–Crippen LogP) is 4.87. The lowest BCUT2D eigenvalue weighted by Crippen LogP contribution is -2.15. The first-order chi connectivity index (χ1) is 12.5. The maximum absolute atomic E-state index is 12.6. The number of hydrogen-bond donors (Lipinski definition) is 2. The number of nitrogens with one attached hydrogen (secondary N) is 2. The third-order valence-corrected chi connectivity index (χ3v) is 4.38. The summed E-state index contributed by atoms with van der Waals surface area (Å²) in [5, 5.41) is 6.31. The molecule has 0 bridgehead atoms. The molecule has 0 atom stereocenters. The Hall–Kier alpha value is -3.14. The van der Waals surface area contributed by atoms with Gasteiger partial charge in [0.05, 0.1) is 0 Å². The Bertz CT molecular complexity index is 934. The zero-order valence-electron chi connectivity index (χ0n) is 15.3. The van der Waals surface area contributed by atoms with Crippen molar-refractivity contribution in [3.63, 3.8) is 0 Å². The Morgan fingerprint density at radius 3 is 2.58 bits per heavy atom. The maximum Gasteiger partial charge on any atom is 0.274 e. The lowest BCUT2D eigenvalue weighted by atomic mass is 10.1. The molecule has 0 aliphatic heterocycles. The molecule has 0 saturated carbocycles. The molecule has 0 spiro atoms. The summed E-state index contributed by atoms with van der Waals surface area (Å²) in [5.41, 5.74) is 6.67. The number of carbonyl (C=O) groups excluding carboxylic acids is 1. The van der Waals surface area contributed by atoms with Crippen LogP contribution in [0.2, 0.25) is 0 Å². The largest absolute Gasteiger partial charge is 0.381 e. The molecule has 1 aromatic heterocycles. The van der Waals surface area contributed by atoms with Crippen molar-refractivity contribution in [2.24, 2.45) is 0 Å². The van der Waals surface area contributed by atoms with Crippen LogP contribution in [0.5, 0.6) is 0 Å². The number of rotatable bonds is 5. The van der Waals surface area contributed by atoms with Crippen LogP contribution in [0.3, 0.4) is 0 Å². The average molecular weight is 345 g/mol. The highest BCUT2D eigenvalue weighted by molar-refractivity contribution is 6.03. The Kier molecular flexibility index (Phi) is 5.32. The van der Waals surface area contributed by atoms with Crippen LogP contribution in [-0.4, -0.2) is 10.9 Å². The van der Waals surface area contributed by atoms with Gasteiger partial charge < -0.3 is 10.6 Å². The third kappa shape index (κ3) is 4.28. The normalized spacial score (nSPS) is 10.4. The Balaban J connectivity index is 1.71. The average Bonchev–Trinajstić information content (AvgIpc) is 2.64. The molecular formula is C22H23N3O. The minimum Gasteiger partial charge on any atom is -0.381 e. The number of benzene rings is 2. The smallest absolute Gasteiger partial charge is 0.274 e. The second kappa shape index (κ2) is 7.83. The summed E-state index contributed by atoms with van der Waals surface area (Å²) in [4.78, 5) is 16.8. The van der Waals surface area contributed by atoms with Gasteiger partial charge in [0.15, 0.2) is 0 Å². The van der Waals surface area contributed by atoms with Crippen molar-refractivity contribution in [2.75, 3.05) is 10.6 Å². The van der Waals surface area contributed by atoms with Crippen LogP contribution in [-0.2, 0) is 6.54 Å². The maximum atomic E-state index is 12.6. The van der Waals surface area contributed by atoms with E-state index in [1.807, 2.05) is 50.2 Å². The molecule has 2 aromatic carbocycles. The highest BCUT2D eigenvalue weighted by Crippen LogP contribution is 2.18. The molecule has 3 aromatic rings. The van der Waals surface area contributed by atoms with E-state index in [0.29, 0.717) is 12.2 Å². The SMILES string of the molecule is Cc1ccc(C)c(NC(=O)c2cc(NCc3ccccc3C)ccn2)c1. The van der Waals surface area contributed by atoms with Gasteiger partial charge in [-0.2, -0.15) is 0 Å². The third-order valence-electron chi connectivity index (χ3n) is 4.38. The van der Waals surface area contributed by atoms with Crippen LogP contribution < -0.4 is 10.6 Å². The summed E-state index contributed by atoms with van der Waals surface area (Å²) < 4.78 is 0. The number of aryl methyl sites for hydroxylation is 3. The molecule has 0 aliphatic carbocycles. The van der Waals surface area contributed by atoms with Crippen molar-refractivity contribution in [1.29, 1.82) is 0 Å². The predicted molar refractivity (Wildman–Crippen MR) is 107 cm³/mol. The first-order valence-electron chi connectivity index (χ1n) is 8.66. The van der Waals surface area contributed by atoms with Crippen molar-refractivity contribution in [2.45, 2.75) is 27.3 Å². The van der Waals surface area contributed by atoms with E-state index in [2.05, 4.69) is 34.7 Å². The van der Waals surface area contributed by atoms with E-state index < -0.39 is 0 Å². The lowest BCUT2D eigenvalue weighted by molar-refractivity contribution is 0.102. The van der Waals surface area contributed by atoms with Gasteiger partial charge in [0, 0.05) is 24.1 Å². The van der Waals surface area contributed by atoms with Crippen LogP contribution in [0.1, 0.15) is 32.7 Å². The number of nitrogens with zero attached hydrogens (tertiary/aromatic N) is 1. The number of pyridine rings is 1. The van der Waals surface area contributed by atoms with Crippen LogP contribution in [0.25, 0.3) is 0 Å². The minimum absolute atomic E-state index is 0.210. The quantitative estimate of drug-likeness (QED) is 0.693. The van der Waals surface area contributed by atoms with Gasteiger partial charge in [0.2, 0.25) is 0 Å². The van der Waals surface area contributed by atoms with Gasteiger partial charge >= 0.3 is 0 Å². The fraction of sp³-hybridized carbons (Fsp3) is 0.182. The van der Waals surface area contributed by atoms with E-state index in [1.54, 1.807) is 12.3 Å². The molecule has 4 heteroatoms. The van der Waals surface area contributed by atoms with Crippen molar-refractivity contribution in [1.82, 2.24) is 4.98 Å². The van der Waals surface area contributed by atoms with Gasteiger partial charge in [-0.05, 0) is 61.2 Å². The van der Waals surface area contributed by atoms with Crippen LogP contribution >= 0.6 is 0 Å². The minimum atomic E-state index is -0.210. The molecule has 2 N–H and O–H groups in total. The first kappa shape index (κ1) is 17.7. The fourth-order valence-corrected chi connectivity index (χ4v) is 2.73. The van der Waals surface area contributed by atoms with Gasteiger partial charge in [-0.15, -0.1) is 0 Å². The van der Waals surface area contributed by atoms with Crippen molar-refractivity contribution < 1.29 is 4.79 Å². The lowest BCUT2D eigenvalue weighted by Gasteiger charge is -2.11. The van der Waals surface area contributed by atoms with Crippen LogP contribution in [0.4, 0.5) is 11.4 Å². The van der Waals surface area contributed by atoms with Crippen molar-refractivity contribution in [3.05, 3.63) is 88.7 Å². The molecule has 1 heterocycles. The molecule has 0 aliphatic rings.